The highest BCUT2D eigenvalue weighted by molar-refractivity contribution is 14.3. The van der Waals surface area contributed by atoms with Crippen molar-refractivity contribution in [3.63, 3.8) is 0 Å². The van der Waals surface area contributed by atoms with Crippen LogP contribution in [0.3, 0.4) is 0 Å². The summed E-state index contributed by atoms with van der Waals surface area (Å²) in [6.45, 7) is 8.86. The molecule has 0 heterocycles. The average molecular weight is 687 g/mol. The number of hydrogen-bond donors (Lipinski definition) is 1. The Morgan fingerprint density at radius 1 is 1.12 bits per heavy atom. The summed E-state index contributed by atoms with van der Waals surface area (Å²) in [7, 11) is 1.99. The Hall–Kier alpha value is 1.17. The van der Waals surface area contributed by atoms with E-state index in [0.29, 0.717) is 11.8 Å². The molecule has 1 aromatic rings. The second-order valence-corrected chi connectivity index (χ2v) is 19.5. The predicted molar refractivity (Wildman–Crippen MR) is 138 cm³/mol. The zero-order valence-corrected chi connectivity index (χ0v) is 22.0. The lowest BCUT2D eigenvalue weighted by molar-refractivity contribution is 0.0427. The van der Waals surface area contributed by atoms with Gasteiger partial charge in [0.2, 0.25) is 0 Å². The predicted octanol–water partition coefficient (Wildman–Crippen LogP) is 7.18. The van der Waals surface area contributed by atoms with Gasteiger partial charge in [-0.3, -0.25) is 0 Å². The average Bonchev–Trinajstić information content (AvgIpc) is 2.93. The second kappa shape index (κ2) is 8.13. The van der Waals surface area contributed by atoms with Crippen molar-refractivity contribution in [2.75, 3.05) is 0 Å². The van der Waals surface area contributed by atoms with E-state index < -0.39 is 5.50 Å². The highest BCUT2D eigenvalue weighted by Gasteiger charge is 2.47. The number of halogens is 3. The summed E-state index contributed by atoms with van der Waals surface area (Å²) in [6, 6.07) is 9.29. The molecule has 2 saturated carbocycles. The number of rotatable bonds is 4. The fourth-order valence-electron chi connectivity index (χ4n) is 4.72. The molecule has 26 heavy (non-hydrogen) atoms. The number of benzene rings is 1. The summed E-state index contributed by atoms with van der Waals surface area (Å²) in [5.41, 5.74) is 3.96. The maximum atomic E-state index is 10.6. The van der Waals surface area contributed by atoms with Crippen LogP contribution in [0.1, 0.15) is 68.4 Å². The summed E-state index contributed by atoms with van der Waals surface area (Å²) >= 11 is 7.57. The van der Waals surface area contributed by atoms with Crippen LogP contribution in [-0.4, -0.2) is 17.3 Å². The Labute approximate surface area is 200 Å². The standard InChI is InChI=1S/C21H27BI3O/c1-14(21(23,24)25)16-4-6-17(7-5-16)18-8-9-19(15(18)2)10-12-20(26,22-3)13-11-19/h4-7,14,18,26H,2,8-13H2,1,3H3/t14-,18?,19?,20?/m1/s1. The van der Waals surface area contributed by atoms with Crippen molar-refractivity contribution in [3.05, 3.63) is 47.5 Å². The third kappa shape index (κ3) is 4.35. The highest BCUT2D eigenvalue weighted by atomic mass is 127. The van der Waals surface area contributed by atoms with Crippen molar-refractivity contribution in [3.8, 4) is 0 Å². The van der Waals surface area contributed by atoms with Crippen LogP contribution >= 0.6 is 67.8 Å². The smallest absolute Gasteiger partial charge is 0.150 e. The molecule has 3 rings (SSSR count). The van der Waals surface area contributed by atoms with Crippen LogP contribution < -0.4 is 0 Å². The van der Waals surface area contributed by atoms with E-state index in [2.05, 4.69) is 106 Å². The van der Waals surface area contributed by atoms with Crippen LogP contribution in [-0.2, 0) is 0 Å². The van der Waals surface area contributed by atoms with Gasteiger partial charge in [-0.25, -0.2) is 0 Å². The first-order chi connectivity index (χ1) is 12.1. The molecule has 2 atom stereocenters. The van der Waals surface area contributed by atoms with Crippen molar-refractivity contribution in [2.24, 2.45) is 5.41 Å². The molecule has 5 heteroatoms. The molecule has 0 aromatic heterocycles. The molecule has 2 aliphatic rings. The highest BCUT2D eigenvalue weighted by Crippen LogP contribution is 2.58. The maximum Gasteiger partial charge on any atom is 0.150 e. The lowest BCUT2D eigenvalue weighted by Gasteiger charge is -2.43. The molecule has 0 bridgehead atoms. The molecule has 2 fully saturated rings. The van der Waals surface area contributed by atoms with Crippen molar-refractivity contribution in [1.29, 1.82) is 0 Å². The summed E-state index contributed by atoms with van der Waals surface area (Å²) in [5, 5.41) is 10.6. The van der Waals surface area contributed by atoms with Crippen LogP contribution in [0.2, 0.25) is 6.82 Å². The summed E-state index contributed by atoms with van der Waals surface area (Å²) in [5.74, 6) is 0.998. The van der Waals surface area contributed by atoms with Gasteiger partial charge in [0.15, 0.2) is 0 Å². The van der Waals surface area contributed by atoms with Crippen LogP contribution in [0.5, 0.6) is 0 Å². The molecule has 1 nitrogen and oxygen atoms in total. The molecule has 1 radical (unpaired) electrons. The number of allylic oxidation sites excluding steroid dienone is 1. The zero-order chi connectivity index (χ0) is 19.2. The van der Waals surface area contributed by atoms with Gasteiger partial charge in [-0.1, -0.05) is 118 Å². The topological polar surface area (TPSA) is 20.2 Å². The first-order valence-corrected chi connectivity index (χ1v) is 12.7. The quantitative estimate of drug-likeness (QED) is 0.154. The van der Waals surface area contributed by atoms with Crippen molar-refractivity contribution in [1.82, 2.24) is 0 Å². The van der Waals surface area contributed by atoms with Crippen molar-refractivity contribution in [2.45, 2.75) is 69.0 Å². The van der Waals surface area contributed by atoms with Gasteiger partial charge in [0.1, 0.15) is 6.71 Å². The minimum absolute atomic E-state index is 0.199. The van der Waals surface area contributed by atoms with Gasteiger partial charge in [0.25, 0.3) is 0 Å². The number of hydrogen-bond acceptors (Lipinski definition) is 1. The van der Waals surface area contributed by atoms with E-state index in [0.717, 1.165) is 25.7 Å². The molecule has 1 unspecified atom stereocenters. The fraction of sp³-hybridized carbons (Fsp3) is 0.619. The van der Waals surface area contributed by atoms with Gasteiger partial charge < -0.3 is 5.11 Å². The molecular weight excluding hydrogens is 660 g/mol. The molecule has 0 amide bonds. The van der Waals surface area contributed by atoms with Crippen LogP contribution in [0.4, 0.5) is 0 Å². The molecule has 0 aliphatic heterocycles. The monoisotopic (exact) mass is 687 g/mol. The molecule has 1 spiro atoms. The van der Waals surface area contributed by atoms with E-state index in [9.17, 15) is 5.11 Å². The Balaban J connectivity index is 1.73. The van der Waals surface area contributed by atoms with E-state index in [1.165, 1.54) is 29.5 Å². The largest absolute Gasteiger partial charge is 0.399 e. The van der Waals surface area contributed by atoms with E-state index in [1.807, 2.05) is 14.1 Å². The van der Waals surface area contributed by atoms with Gasteiger partial charge >= 0.3 is 0 Å². The van der Waals surface area contributed by atoms with E-state index >= 15 is 0 Å². The summed E-state index contributed by atoms with van der Waals surface area (Å²) in [4.78, 5) is 0. The summed E-state index contributed by atoms with van der Waals surface area (Å²) < 4.78 is 0.199. The van der Waals surface area contributed by atoms with Gasteiger partial charge in [0.05, 0.1) is 0 Å². The molecular formula is C21H27BI3O. The molecule has 141 valence electrons. The minimum Gasteiger partial charge on any atom is -0.399 e. The maximum absolute atomic E-state index is 10.6. The molecule has 0 saturated heterocycles. The number of aliphatic hydroxyl groups is 1. The lowest BCUT2D eigenvalue weighted by atomic mass is 9.52. The van der Waals surface area contributed by atoms with Gasteiger partial charge in [-0.15, -0.1) is 0 Å². The SMILES string of the molecule is C=C1C(c2ccc([C@@H](C)C(I)(I)I)cc2)CCC12CCC(O)([B]C)CC2. The first-order valence-electron chi connectivity index (χ1n) is 9.49. The van der Waals surface area contributed by atoms with E-state index in [-0.39, 0.29) is 4.85 Å². The van der Waals surface area contributed by atoms with E-state index in [1.54, 1.807) is 0 Å². The van der Waals surface area contributed by atoms with E-state index in [4.69, 9.17) is 0 Å². The van der Waals surface area contributed by atoms with Gasteiger partial charge in [0, 0.05) is 17.3 Å². The third-order valence-electron chi connectivity index (χ3n) is 6.95. The minimum atomic E-state index is -0.549. The molecule has 1 aromatic carbocycles. The van der Waals surface area contributed by atoms with Crippen LogP contribution in [0.25, 0.3) is 0 Å². The van der Waals surface area contributed by atoms with Gasteiger partial charge in [-0.2, -0.15) is 0 Å². The number of alkyl halides is 3. The zero-order valence-electron chi connectivity index (χ0n) is 15.6. The Morgan fingerprint density at radius 3 is 2.19 bits per heavy atom. The van der Waals surface area contributed by atoms with Crippen LogP contribution in [0.15, 0.2) is 36.4 Å². The van der Waals surface area contributed by atoms with Crippen LogP contribution in [0, 0.1) is 5.41 Å². The van der Waals surface area contributed by atoms with Crippen molar-refractivity contribution < 1.29 is 5.11 Å². The summed E-state index contributed by atoms with van der Waals surface area (Å²) in [6.07, 6.45) is 6.37. The molecule has 2 aliphatic carbocycles. The first kappa shape index (κ1) is 21.9. The normalized spacial score (nSPS) is 33.5. The third-order valence-corrected chi connectivity index (χ3v) is 9.76. The fourth-order valence-corrected chi connectivity index (χ4v) is 5.80. The Kier molecular flexibility index (Phi) is 6.84. The van der Waals surface area contributed by atoms with Gasteiger partial charge in [-0.05, 0) is 55.1 Å². The van der Waals surface area contributed by atoms with Crippen molar-refractivity contribution >= 4 is 75.1 Å². The lowest BCUT2D eigenvalue weighted by Crippen LogP contribution is -2.42. The second-order valence-electron chi connectivity index (χ2n) is 8.22. The molecule has 1 N–H and O–H groups in total. The Bertz CT molecular complexity index is 657. The Morgan fingerprint density at radius 2 is 1.69 bits per heavy atom.